The molecule has 176 valence electrons. The van der Waals surface area contributed by atoms with E-state index in [1.165, 1.54) is 12.1 Å². The lowest BCUT2D eigenvalue weighted by Gasteiger charge is -2.33. The average Bonchev–Trinajstić information content (AvgIpc) is 2.85. The molecule has 1 saturated heterocycles. The quantitative estimate of drug-likeness (QED) is 0.407. The highest BCUT2D eigenvalue weighted by molar-refractivity contribution is 6.06. The summed E-state index contributed by atoms with van der Waals surface area (Å²) in [6, 6.07) is 19.9. The molecule has 4 rings (SSSR count). The second kappa shape index (κ2) is 10.5. The van der Waals surface area contributed by atoms with E-state index in [0.29, 0.717) is 35.6 Å². The molecule has 0 radical (unpaired) electrons. The van der Waals surface area contributed by atoms with Gasteiger partial charge in [0, 0.05) is 47.2 Å². The van der Waals surface area contributed by atoms with Crippen LogP contribution in [0.1, 0.15) is 33.6 Å². The molecule has 1 aliphatic heterocycles. The van der Waals surface area contributed by atoms with Crippen molar-refractivity contribution in [3.63, 3.8) is 0 Å². The van der Waals surface area contributed by atoms with Gasteiger partial charge in [-0.15, -0.1) is 0 Å². The van der Waals surface area contributed by atoms with Crippen molar-refractivity contribution in [2.24, 2.45) is 5.92 Å². The normalized spacial score (nSPS) is 14.6. The lowest BCUT2D eigenvalue weighted by atomic mass is 9.89. The maximum atomic E-state index is 13.3. The number of hydrogen-bond donors (Lipinski definition) is 2. The number of benzene rings is 3. The minimum absolute atomic E-state index is 0.0665. The van der Waals surface area contributed by atoms with Crippen LogP contribution in [0.15, 0.2) is 72.8 Å². The minimum atomic E-state index is -0.343. The maximum Gasteiger partial charge on any atom is 0.258 e. The summed E-state index contributed by atoms with van der Waals surface area (Å²) < 4.78 is 13.2. The number of Topliss-reactive ketones (excluding diaryl/α,β-unsaturated/α-hetero) is 1. The van der Waals surface area contributed by atoms with Crippen molar-refractivity contribution in [3.05, 3.63) is 89.7 Å². The fraction of sp³-hybridized carbons (Fsp3) is 0.259. The molecule has 0 aliphatic carbocycles. The molecule has 1 aliphatic rings. The van der Waals surface area contributed by atoms with Crippen LogP contribution in [-0.2, 0) is 0 Å². The third-order valence-electron chi connectivity index (χ3n) is 6.31. The number of halogens is 1. The molecule has 0 saturated carbocycles. The zero-order chi connectivity index (χ0) is 24.1. The van der Waals surface area contributed by atoms with Gasteiger partial charge in [-0.3, -0.25) is 9.59 Å². The molecule has 7 heteroatoms. The molecule has 34 heavy (non-hydrogen) atoms. The molecule has 3 aromatic rings. The Morgan fingerprint density at radius 2 is 1.53 bits per heavy atom. The number of anilines is 3. The van der Waals surface area contributed by atoms with Crippen molar-refractivity contribution in [2.75, 3.05) is 42.5 Å². The molecule has 1 amide bonds. The van der Waals surface area contributed by atoms with Crippen molar-refractivity contribution < 1.29 is 14.0 Å². The van der Waals surface area contributed by atoms with Crippen LogP contribution in [0, 0.1) is 11.7 Å². The van der Waals surface area contributed by atoms with Gasteiger partial charge in [0.05, 0.1) is 0 Å². The standard InChI is InChI=1S/C27H29FN4O2/c28-22-8-4-19(5-9-22)26(33)20-12-14-31(15-13-20)16-17-32(25-3-1-2-24(30)18-25)27(34)21-6-10-23(29)11-7-21/h1-11,18,20H,12-17,29-30H2. The minimum Gasteiger partial charge on any atom is -0.399 e. The Morgan fingerprint density at radius 1 is 0.882 bits per heavy atom. The number of carbonyl (C=O) groups is 2. The molecule has 3 aromatic carbocycles. The van der Waals surface area contributed by atoms with E-state index in [1.54, 1.807) is 53.4 Å². The highest BCUT2D eigenvalue weighted by Crippen LogP contribution is 2.24. The van der Waals surface area contributed by atoms with Gasteiger partial charge >= 0.3 is 0 Å². The number of likely N-dealkylation sites (tertiary alicyclic amines) is 1. The first-order chi connectivity index (χ1) is 16.4. The van der Waals surface area contributed by atoms with E-state index >= 15 is 0 Å². The largest absolute Gasteiger partial charge is 0.399 e. The number of nitrogens with zero attached hydrogens (tertiary/aromatic N) is 2. The predicted octanol–water partition coefficient (Wildman–Crippen LogP) is 4.23. The van der Waals surface area contributed by atoms with Crippen LogP contribution in [0.3, 0.4) is 0 Å². The second-order valence-electron chi connectivity index (χ2n) is 8.66. The Morgan fingerprint density at radius 3 is 2.18 bits per heavy atom. The molecular formula is C27H29FN4O2. The molecule has 0 aromatic heterocycles. The Bertz CT molecular complexity index is 1140. The van der Waals surface area contributed by atoms with E-state index < -0.39 is 0 Å². The van der Waals surface area contributed by atoms with Gasteiger partial charge in [0.1, 0.15) is 5.82 Å². The van der Waals surface area contributed by atoms with Crippen LogP contribution < -0.4 is 16.4 Å². The van der Waals surface area contributed by atoms with E-state index in [2.05, 4.69) is 4.90 Å². The smallest absolute Gasteiger partial charge is 0.258 e. The lowest BCUT2D eigenvalue weighted by Crippen LogP contribution is -2.42. The Kier molecular flexibility index (Phi) is 7.23. The molecule has 0 bridgehead atoms. The average molecular weight is 461 g/mol. The summed E-state index contributed by atoms with van der Waals surface area (Å²) in [4.78, 5) is 30.1. The van der Waals surface area contributed by atoms with Crippen LogP contribution in [0.25, 0.3) is 0 Å². The molecule has 0 unspecified atom stereocenters. The molecule has 0 spiro atoms. The number of carbonyl (C=O) groups excluding carboxylic acids is 2. The van der Waals surface area contributed by atoms with E-state index in [0.717, 1.165) is 31.6 Å². The first-order valence-electron chi connectivity index (χ1n) is 11.5. The number of nitrogens with two attached hydrogens (primary N) is 2. The number of ketones is 1. The van der Waals surface area contributed by atoms with Crippen LogP contribution in [0.2, 0.25) is 0 Å². The summed E-state index contributed by atoms with van der Waals surface area (Å²) in [6.45, 7) is 2.69. The van der Waals surface area contributed by atoms with Gasteiger partial charge in [-0.25, -0.2) is 4.39 Å². The Balaban J connectivity index is 1.40. The van der Waals surface area contributed by atoms with Gasteiger partial charge in [-0.1, -0.05) is 6.07 Å². The highest BCUT2D eigenvalue weighted by atomic mass is 19.1. The summed E-state index contributed by atoms with van der Waals surface area (Å²) >= 11 is 0. The van der Waals surface area contributed by atoms with Crippen LogP contribution >= 0.6 is 0 Å². The first kappa shape index (κ1) is 23.4. The maximum absolute atomic E-state index is 13.3. The fourth-order valence-corrected chi connectivity index (χ4v) is 4.33. The third kappa shape index (κ3) is 5.61. The van der Waals surface area contributed by atoms with E-state index in [9.17, 15) is 14.0 Å². The summed E-state index contributed by atoms with van der Waals surface area (Å²) in [5, 5.41) is 0. The molecule has 0 atom stereocenters. The van der Waals surface area contributed by atoms with Gasteiger partial charge in [0.2, 0.25) is 0 Å². The van der Waals surface area contributed by atoms with Crippen LogP contribution in [0.5, 0.6) is 0 Å². The zero-order valence-electron chi connectivity index (χ0n) is 19.0. The van der Waals surface area contributed by atoms with Gasteiger partial charge in [0.25, 0.3) is 5.91 Å². The lowest BCUT2D eigenvalue weighted by molar-refractivity contribution is 0.0841. The molecule has 1 fully saturated rings. The number of amides is 1. The van der Waals surface area contributed by atoms with Crippen molar-refractivity contribution in [1.82, 2.24) is 4.90 Å². The van der Waals surface area contributed by atoms with Crippen LogP contribution in [0.4, 0.5) is 21.5 Å². The van der Waals surface area contributed by atoms with Crippen molar-refractivity contribution in [2.45, 2.75) is 12.8 Å². The van der Waals surface area contributed by atoms with Gasteiger partial charge in [0.15, 0.2) is 5.78 Å². The molecular weight excluding hydrogens is 431 g/mol. The van der Waals surface area contributed by atoms with Gasteiger partial charge in [-0.05, 0) is 92.7 Å². The monoisotopic (exact) mass is 460 g/mol. The van der Waals surface area contributed by atoms with Crippen molar-refractivity contribution in [3.8, 4) is 0 Å². The van der Waals surface area contributed by atoms with E-state index in [4.69, 9.17) is 11.5 Å². The zero-order valence-corrected chi connectivity index (χ0v) is 19.0. The number of piperidine rings is 1. The SMILES string of the molecule is Nc1ccc(C(=O)N(CCN2CCC(C(=O)c3ccc(F)cc3)CC2)c2cccc(N)c2)cc1. The topological polar surface area (TPSA) is 92.7 Å². The van der Waals surface area contributed by atoms with Gasteiger partial charge in [-0.2, -0.15) is 0 Å². The molecule has 6 nitrogen and oxygen atoms in total. The Hall–Kier alpha value is -3.71. The second-order valence-corrected chi connectivity index (χ2v) is 8.66. The molecule has 4 N–H and O–H groups in total. The number of rotatable bonds is 7. The third-order valence-corrected chi connectivity index (χ3v) is 6.31. The molecule has 1 heterocycles. The fourth-order valence-electron chi connectivity index (χ4n) is 4.33. The number of hydrogen-bond acceptors (Lipinski definition) is 5. The van der Waals surface area contributed by atoms with E-state index in [1.807, 2.05) is 12.1 Å². The van der Waals surface area contributed by atoms with Crippen molar-refractivity contribution >= 4 is 28.8 Å². The van der Waals surface area contributed by atoms with Crippen molar-refractivity contribution in [1.29, 1.82) is 0 Å². The highest BCUT2D eigenvalue weighted by Gasteiger charge is 2.27. The summed E-state index contributed by atoms with van der Waals surface area (Å²) in [5.74, 6) is -0.459. The summed E-state index contributed by atoms with van der Waals surface area (Å²) in [5.41, 5.74) is 14.8. The van der Waals surface area contributed by atoms with Gasteiger partial charge < -0.3 is 21.3 Å². The number of nitrogen functional groups attached to an aromatic ring is 2. The summed E-state index contributed by atoms with van der Waals surface area (Å²) in [6.07, 6.45) is 1.47. The van der Waals surface area contributed by atoms with E-state index in [-0.39, 0.29) is 23.4 Å². The summed E-state index contributed by atoms with van der Waals surface area (Å²) in [7, 11) is 0. The van der Waals surface area contributed by atoms with Crippen LogP contribution in [-0.4, -0.2) is 42.8 Å². The first-order valence-corrected chi connectivity index (χ1v) is 11.5. The predicted molar refractivity (Wildman–Crippen MR) is 133 cm³/mol. The Labute approximate surface area is 199 Å².